The van der Waals surface area contributed by atoms with Gasteiger partial charge in [-0.3, -0.25) is 0 Å². The van der Waals surface area contributed by atoms with Crippen LogP contribution >= 0.6 is 31.9 Å². The van der Waals surface area contributed by atoms with Crippen LogP contribution in [0.15, 0.2) is 22.7 Å². The van der Waals surface area contributed by atoms with Gasteiger partial charge in [0.05, 0.1) is 0 Å². The minimum Gasteiger partial charge on any atom is -0.371 e. The summed E-state index contributed by atoms with van der Waals surface area (Å²) in [7, 11) is 0. The van der Waals surface area contributed by atoms with Crippen molar-refractivity contribution in [2.45, 2.75) is 44.4 Å². The quantitative estimate of drug-likeness (QED) is 0.593. The lowest BCUT2D eigenvalue weighted by Gasteiger charge is -2.25. The van der Waals surface area contributed by atoms with Crippen molar-refractivity contribution in [3.05, 3.63) is 28.2 Å². The normalized spacial score (nSPS) is 20.4. The highest BCUT2D eigenvalue weighted by molar-refractivity contribution is 9.10. The van der Waals surface area contributed by atoms with E-state index in [2.05, 4.69) is 61.9 Å². The summed E-state index contributed by atoms with van der Waals surface area (Å²) in [5.74, 6) is 0.939. The fourth-order valence-electron chi connectivity index (χ4n) is 3.05. The van der Waals surface area contributed by atoms with E-state index in [1.807, 2.05) is 0 Å². The summed E-state index contributed by atoms with van der Waals surface area (Å²) < 4.78 is 1.18. The van der Waals surface area contributed by atoms with Gasteiger partial charge in [-0.1, -0.05) is 57.7 Å². The van der Waals surface area contributed by atoms with Crippen molar-refractivity contribution >= 4 is 37.5 Å². The zero-order valence-electron chi connectivity index (χ0n) is 11.7. The lowest BCUT2D eigenvalue weighted by Crippen LogP contribution is -2.25. The maximum Gasteiger partial charge on any atom is 0.0418 e. The molecule has 0 aromatic heterocycles. The van der Waals surface area contributed by atoms with E-state index in [1.165, 1.54) is 60.9 Å². The van der Waals surface area contributed by atoms with Gasteiger partial charge in [0, 0.05) is 28.6 Å². The Morgan fingerprint density at radius 1 is 1.26 bits per heavy atom. The summed E-state index contributed by atoms with van der Waals surface area (Å²) in [4.78, 5) is 2.58. The molecule has 1 aromatic carbocycles. The number of hydrogen-bond donors (Lipinski definition) is 0. The fourth-order valence-corrected chi connectivity index (χ4v) is 3.87. The van der Waals surface area contributed by atoms with Gasteiger partial charge in [-0.05, 0) is 42.9 Å². The molecular weight excluding hydrogens is 366 g/mol. The van der Waals surface area contributed by atoms with Crippen LogP contribution in [0.5, 0.6) is 0 Å². The predicted octanol–water partition coefficient (Wildman–Crippen LogP) is 5.75. The highest BCUT2D eigenvalue weighted by Crippen LogP contribution is 2.30. The Labute approximate surface area is 134 Å². The minimum absolute atomic E-state index is 0.935. The number of rotatable bonds is 4. The van der Waals surface area contributed by atoms with E-state index in [-0.39, 0.29) is 0 Å². The summed E-state index contributed by atoms with van der Waals surface area (Å²) in [6, 6.07) is 6.64. The molecule has 1 heterocycles. The third-order valence-electron chi connectivity index (χ3n) is 4.08. The van der Waals surface area contributed by atoms with Gasteiger partial charge in [0.1, 0.15) is 0 Å². The number of anilines is 1. The molecule has 0 amide bonds. The van der Waals surface area contributed by atoms with Crippen molar-refractivity contribution in [1.29, 1.82) is 0 Å². The van der Waals surface area contributed by atoms with E-state index in [4.69, 9.17) is 0 Å². The molecule has 0 bridgehead atoms. The molecule has 1 aliphatic heterocycles. The molecule has 1 aromatic rings. The van der Waals surface area contributed by atoms with Crippen LogP contribution in [-0.2, 0) is 5.33 Å². The van der Waals surface area contributed by atoms with E-state index in [9.17, 15) is 0 Å². The second-order valence-corrected chi connectivity index (χ2v) is 6.96. The molecule has 1 atom stereocenters. The number of halogens is 2. The Bertz CT molecular complexity index is 406. The largest absolute Gasteiger partial charge is 0.371 e. The molecule has 2 rings (SSSR count). The van der Waals surface area contributed by atoms with E-state index >= 15 is 0 Å². The molecule has 1 fully saturated rings. The van der Waals surface area contributed by atoms with Gasteiger partial charge in [-0.15, -0.1) is 0 Å². The third kappa shape index (κ3) is 4.22. The van der Waals surface area contributed by atoms with E-state index < -0.39 is 0 Å². The van der Waals surface area contributed by atoms with Gasteiger partial charge in [0.25, 0.3) is 0 Å². The van der Waals surface area contributed by atoms with Crippen molar-refractivity contribution < 1.29 is 0 Å². The second-order valence-electron chi connectivity index (χ2n) is 5.48. The summed E-state index contributed by atoms with van der Waals surface area (Å²) in [6.45, 7) is 4.72. The predicted molar refractivity (Wildman–Crippen MR) is 91.2 cm³/mol. The average molecular weight is 389 g/mol. The van der Waals surface area contributed by atoms with Gasteiger partial charge < -0.3 is 4.90 Å². The Morgan fingerprint density at radius 2 is 2.11 bits per heavy atom. The van der Waals surface area contributed by atoms with Crippen LogP contribution in [0.25, 0.3) is 0 Å². The third-order valence-corrected chi connectivity index (χ3v) is 5.17. The van der Waals surface area contributed by atoms with Gasteiger partial charge >= 0.3 is 0 Å². The van der Waals surface area contributed by atoms with E-state index in [0.29, 0.717) is 0 Å². The number of nitrogens with zero attached hydrogens (tertiary/aromatic N) is 1. The van der Waals surface area contributed by atoms with Crippen molar-refractivity contribution in [3.63, 3.8) is 0 Å². The summed E-state index contributed by atoms with van der Waals surface area (Å²) in [5.41, 5.74) is 2.81. The summed E-state index contributed by atoms with van der Waals surface area (Å²) >= 11 is 7.22. The minimum atomic E-state index is 0.935. The maximum absolute atomic E-state index is 3.61. The van der Waals surface area contributed by atoms with Crippen molar-refractivity contribution in [3.8, 4) is 0 Å². The second kappa shape index (κ2) is 7.68. The molecule has 1 unspecified atom stereocenters. The maximum atomic E-state index is 3.61. The Morgan fingerprint density at radius 3 is 2.84 bits per heavy atom. The Hall–Kier alpha value is -0.0200. The molecule has 1 saturated heterocycles. The molecule has 1 nitrogen and oxygen atoms in total. The standard InChI is InChI=1S/C16H23Br2N/c1-2-4-13-5-3-9-19(10-8-13)16-11-15(18)7-6-14(16)12-17/h6-7,11,13H,2-5,8-10,12H2,1H3. The first-order valence-corrected chi connectivity index (χ1v) is 9.25. The van der Waals surface area contributed by atoms with E-state index in [1.54, 1.807) is 0 Å². The number of hydrogen-bond acceptors (Lipinski definition) is 1. The first-order chi connectivity index (χ1) is 9.24. The SMILES string of the molecule is CCCC1CCCN(c2cc(Br)ccc2CBr)CC1. The van der Waals surface area contributed by atoms with Crippen LogP contribution in [-0.4, -0.2) is 13.1 Å². The lowest BCUT2D eigenvalue weighted by molar-refractivity contribution is 0.435. The van der Waals surface area contributed by atoms with Crippen LogP contribution < -0.4 is 4.90 Å². The van der Waals surface area contributed by atoms with E-state index in [0.717, 1.165) is 11.2 Å². The zero-order valence-corrected chi connectivity index (χ0v) is 14.8. The van der Waals surface area contributed by atoms with Crippen molar-refractivity contribution in [2.24, 2.45) is 5.92 Å². The van der Waals surface area contributed by atoms with Crippen LogP contribution in [0.1, 0.15) is 44.6 Å². The Balaban J connectivity index is 2.11. The number of benzene rings is 1. The van der Waals surface area contributed by atoms with Crippen LogP contribution in [0, 0.1) is 5.92 Å². The highest BCUT2D eigenvalue weighted by Gasteiger charge is 2.18. The molecule has 1 aliphatic rings. The van der Waals surface area contributed by atoms with Crippen LogP contribution in [0.2, 0.25) is 0 Å². The van der Waals surface area contributed by atoms with Gasteiger partial charge in [0.15, 0.2) is 0 Å². The monoisotopic (exact) mass is 387 g/mol. The first-order valence-electron chi connectivity index (χ1n) is 7.34. The van der Waals surface area contributed by atoms with Gasteiger partial charge in [-0.2, -0.15) is 0 Å². The molecule has 0 aliphatic carbocycles. The highest BCUT2D eigenvalue weighted by atomic mass is 79.9. The molecule has 106 valence electrons. The van der Waals surface area contributed by atoms with Crippen molar-refractivity contribution in [1.82, 2.24) is 0 Å². The molecular formula is C16H23Br2N. The Kier molecular flexibility index (Phi) is 6.21. The first kappa shape index (κ1) is 15.4. The smallest absolute Gasteiger partial charge is 0.0418 e. The molecule has 0 saturated carbocycles. The molecule has 19 heavy (non-hydrogen) atoms. The topological polar surface area (TPSA) is 3.24 Å². The van der Waals surface area contributed by atoms with Gasteiger partial charge in [0.2, 0.25) is 0 Å². The molecule has 0 radical (unpaired) electrons. The van der Waals surface area contributed by atoms with Crippen LogP contribution in [0.4, 0.5) is 5.69 Å². The molecule has 3 heteroatoms. The van der Waals surface area contributed by atoms with Crippen LogP contribution in [0.3, 0.4) is 0 Å². The van der Waals surface area contributed by atoms with Gasteiger partial charge in [-0.25, -0.2) is 0 Å². The van der Waals surface area contributed by atoms with Crippen molar-refractivity contribution in [2.75, 3.05) is 18.0 Å². The zero-order chi connectivity index (χ0) is 13.7. The fraction of sp³-hybridized carbons (Fsp3) is 0.625. The number of alkyl halides is 1. The molecule has 0 spiro atoms. The summed E-state index contributed by atoms with van der Waals surface area (Å²) in [6.07, 6.45) is 6.81. The average Bonchev–Trinajstić information content (AvgIpc) is 2.65. The summed E-state index contributed by atoms with van der Waals surface area (Å²) in [5, 5.41) is 0.935. The lowest BCUT2D eigenvalue weighted by atomic mass is 9.96. The molecule has 0 N–H and O–H groups in total.